The summed E-state index contributed by atoms with van der Waals surface area (Å²) in [6.07, 6.45) is 8.53. The van der Waals surface area contributed by atoms with E-state index in [2.05, 4.69) is 56.9 Å². The van der Waals surface area contributed by atoms with Gasteiger partial charge in [-0.1, -0.05) is 38.8 Å². The maximum atomic E-state index is 12.2. The average molecular weight is 573 g/mol. The fraction of sp³-hybridized carbons (Fsp3) is 0.500. The molecule has 1 saturated heterocycles. The van der Waals surface area contributed by atoms with Crippen LogP contribution in [0, 0.1) is 5.41 Å². The lowest BCUT2D eigenvalue weighted by Crippen LogP contribution is -2.34. The molecule has 0 bridgehead atoms. The van der Waals surface area contributed by atoms with E-state index in [1.807, 2.05) is 32.2 Å². The molecule has 10 heteroatoms. The summed E-state index contributed by atoms with van der Waals surface area (Å²) in [4.78, 5) is 25.6. The normalized spacial score (nSPS) is 24.7. The molecule has 1 saturated carbocycles. The number of carbonyl (C=O) groups is 1. The number of carbonyl (C=O) groups excluding carboxylic acids is 1. The summed E-state index contributed by atoms with van der Waals surface area (Å²) in [5.74, 6) is 0.294. The zero-order chi connectivity index (χ0) is 29.5. The highest BCUT2D eigenvalue weighted by Gasteiger charge is 2.59. The van der Waals surface area contributed by atoms with Crippen molar-refractivity contribution in [2.75, 3.05) is 17.7 Å². The molecule has 1 aliphatic heterocycles. The van der Waals surface area contributed by atoms with Crippen molar-refractivity contribution in [3.8, 4) is 0 Å². The smallest absolute Gasteiger partial charge is 0.412 e. The van der Waals surface area contributed by atoms with Crippen LogP contribution in [0.5, 0.6) is 0 Å². The predicted octanol–water partition coefficient (Wildman–Crippen LogP) is 6.40. The number of unbranched alkanes of at least 4 members (excludes halogenated alkanes) is 2. The molecule has 4 heterocycles. The van der Waals surface area contributed by atoms with Crippen molar-refractivity contribution in [3.63, 3.8) is 0 Å². The van der Waals surface area contributed by atoms with Crippen molar-refractivity contribution in [2.45, 2.75) is 90.3 Å². The van der Waals surface area contributed by atoms with Crippen LogP contribution in [0.3, 0.4) is 0 Å². The molecule has 0 radical (unpaired) electrons. The number of hydrogen-bond donors (Lipinski definition) is 2. The molecular formula is C32H40N6O4. The van der Waals surface area contributed by atoms with Crippen molar-refractivity contribution < 1.29 is 19.0 Å². The molecule has 2 aliphatic rings. The second-order valence-electron chi connectivity index (χ2n) is 12.4. The van der Waals surface area contributed by atoms with Crippen LogP contribution in [0.4, 0.5) is 16.4 Å². The summed E-state index contributed by atoms with van der Waals surface area (Å²) in [5, 5.41) is 4.63. The van der Waals surface area contributed by atoms with E-state index in [0.717, 1.165) is 60.5 Å². The van der Waals surface area contributed by atoms with Crippen molar-refractivity contribution in [3.05, 3.63) is 54.5 Å². The Morgan fingerprint density at radius 1 is 1.14 bits per heavy atom. The quantitative estimate of drug-likeness (QED) is 0.221. The Kier molecular flexibility index (Phi) is 7.53. The van der Waals surface area contributed by atoms with Crippen molar-refractivity contribution >= 4 is 39.7 Å². The van der Waals surface area contributed by atoms with Crippen molar-refractivity contribution in [1.29, 1.82) is 0 Å². The minimum Gasteiger partial charge on any atom is -0.449 e. The summed E-state index contributed by atoms with van der Waals surface area (Å²) < 4.78 is 20.5. The number of rotatable bonds is 9. The number of hydrogen-bond acceptors (Lipinski definition) is 8. The maximum absolute atomic E-state index is 12.2. The molecule has 1 unspecified atom stereocenters. The number of nitrogens with one attached hydrogen (secondary N) is 1. The first kappa shape index (κ1) is 28.4. The molecular weight excluding hydrogens is 532 g/mol. The fourth-order valence-electron chi connectivity index (χ4n) is 6.55. The lowest BCUT2D eigenvalue weighted by molar-refractivity contribution is -0.168. The highest BCUT2D eigenvalue weighted by atomic mass is 16.8. The number of pyridine rings is 1. The van der Waals surface area contributed by atoms with Crippen LogP contribution < -0.4 is 11.1 Å². The van der Waals surface area contributed by atoms with Crippen LogP contribution >= 0.6 is 0 Å². The third-order valence-electron chi connectivity index (χ3n) is 8.72. The maximum Gasteiger partial charge on any atom is 0.412 e. The molecule has 6 rings (SSSR count). The second kappa shape index (κ2) is 11.1. The van der Waals surface area contributed by atoms with Gasteiger partial charge >= 0.3 is 6.09 Å². The van der Waals surface area contributed by atoms with Crippen LogP contribution in [0.1, 0.15) is 71.4 Å². The molecule has 1 aliphatic carbocycles. The Morgan fingerprint density at radius 2 is 1.98 bits per heavy atom. The third kappa shape index (κ3) is 5.53. The number of ether oxygens (including phenoxy) is 3. The number of amides is 1. The second-order valence-corrected chi connectivity index (χ2v) is 12.4. The average Bonchev–Trinajstić information content (AvgIpc) is 3.61. The van der Waals surface area contributed by atoms with Gasteiger partial charge in [0.05, 0.1) is 29.7 Å². The van der Waals surface area contributed by atoms with Gasteiger partial charge in [-0.15, -0.1) is 0 Å². The zero-order valence-electron chi connectivity index (χ0n) is 24.8. The molecule has 222 valence electrons. The van der Waals surface area contributed by atoms with Gasteiger partial charge in [-0.2, -0.15) is 0 Å². The van der Waals surface area contributed by atoms with Gasteiger partial charge in [0.1, 0.15) is 29.7 Å². The first-order valence-electron chi connectivity index (χ1n) is 14.9. The Hall–Kier alpha value is -3.76. The molecule has 3 aromatic heterocycles. The van der Waals surface area contributed by atoms with E-state index < -0.39 is 11.9 Å². The fourth-order valence-corrected chi connectivity index (χ4v) is 6.55. The van der Waals surface area contributed by atoms with E-state index in [1.54, 1.807) is 6.07 Å². The van der Waals surface area contributed by atoms with Crippen LogP contribution in [0.2, 0.25) is 0 Å². The van der Waals surface area contributed by atoms with E-state index in [1.165, 1.54) is 11.9 Å². The summed E-state index contributed by atoms with van der Waals surface area (Å²) in [6.45, 7) is 8.80. The van der Waals surface area contributed by atoms with Gasteiger partial charge in [-0.05, 0) is 74.8 Å². The number of anilines is 2. The first-order chi connectivity index (χ1) is 20.2. The largest absolute Gasteiger partial charge is 0.449 e. The summed E-state index contributed by atoms with van der Waals surface area (Å²) >= 11 is 0. The van der Waals surface area contributed by atoms with Crippen LogP contribution in [-0.2, 0) is 20.6 Å². The van der Waals surface area contributed by atoms with E-state index in [0.29, 0.717) is 18.2 Å². The molecule has 0 spiro atoms. The van der Waals surface area contributed by atoms with Gasteiger partial charge in [0.25, 0.3) is 0 Å². The molecule has 10 nitrogen and oxygen atoms in total. The minimum absolute atomic E-state index is 0.0576. The lowest BCUT2D eigenvalue weighted by atomic mass is 9.80. The standard InChI is InChI=1S/C32H40N6O4/c1-5-6-7-16-40-30(39)37-25-11-10-21-9-8-20(17-23(21)36-25)12-14-32(4)18-24(26-27(32)42-31(2,3)41-26)38-15-13-22-28(33)34-19-35-29(22)38/h8-11,13,15,17,19,24,26-27H,5-7,12,14,16,18H2,1-4H3,(H2,33,34,35)(H,36,37,39)/t24?,26-,27-,32-/m0/s1. The number of nitrogen functional groups attached to an aromatic ring is 1. The number of benzene rings is 1. The van der Waals surface area contributed by atoms with Crippen LogP contribution in [-0.4, -0.2) is 50.2 Å². The Bertz CT molecular complexity index is 1600. The zero-order valence-corrected chi connectivity index (χ0v) is 24.8. The number of aromatic nitrogens is 4. The monoisotopic (exact) mass is 572 g/mol. The highest BCUT2D eigenvalue weighted by molar-refractivity contribution is 5.87. The molecule has 1 aromatic carbocycles. The molecule has 3 N–H and O–H groups in total. The first-order valence-corrected chi connectivity index (χ1v) is 14.9. The van der Waals surface area contributed by atoms with E-state index >= 15 is 0 Å². The van der Waals surface area contributed by atoms with Crippen molar-refractivity contribution in [1.82, 2.24) is 19.5 Å². The van der Waals surface area contributed by atoms with E-state index in [4.69, 9.17) is 19.9 Å². The molecule has 4 aromatic rings. The summed E-state index contributed by atoms with van der Waals surface area (Å²) in [6, 6.07) is 12.2. The Morgan fingerprint density at radius 3 is 2.81 bits per heavy atom. The lowest BCUT2D eigenvalue weighted by Gasteiger charge is -2.32. The van der Waals surface area contributed by atoms with Gasteiger partial charge in [0.2, 0.25) is 0 Å². The molecule has 2 fully saturated rings. The third-order valence-corrected chi connectivity index (χ3v) is 8.72. The Labute approximate surface area is 246 Å². The van der Waals surface area contributed by atoms with E-state index in [9.17, 15) is 4.79 Å². The van der Waals surface area contributed by atoms with Gasteiger partial charge in [-0.25, -0.2) is 19.7 Å². The highest BCUT2D eigenvalue weighted by Crippen LogP contribution is 2.55. The topological polar surface area (TPSA) is 126 Å². The predicted molar refractivity (Wildman–Crippen MR) is 162 cm³/mol. The van der Waals surface area contributed by atoms with Crippen LogP contribution in [0.15, 0.2) is 48.9 Å². The number of fused-ring (bicyclic) bond motifs is 3. The van der Waals surface area contributed by atoms with Crippen molar-refractivity contribution in [2.24, 2.45) is 5.41 Å². The summed E-state index contributed by atoms with van der Waals surface area (Å²) in [7, 11) is 0. The van der Waals surface area contributed by atoms with Gasteiger partial charge in [-0.3, -0.25) is 5.32 Å². The van der Waals surface area contributed by atoms with Gasteiger partial charge < -0.3 is 24.5 Å². The molecule has 4 atom stereocenters. The number of aryl methyl sites for hydroxylation is 1. The number of nitrogens with two attached hydrogens (primary N) is 1. The van der Waals surface area contributed by atoms with E-state index in [-0.39, 0.29) is 23.7 Å². The Balaban J connectivity index is 1.19. The van der Waals surface area contributed by atoms with Gasteiger partial charge in [0.15, 0.2) is 5.79 Å². The molecule has 42 heavy (non-hydrogen) atoms. The SMILES string of the molecule is CCCCCOC(=O)Nc1ccc2ccc(CC[C@@]3(C)CC(n4ccc5c(N)ncnc54)[C@@H]4OC(C)(C)O[C@@H]43)cc2n1. The molecule has 1 amide bonds. The van der Waals surface area contributed by atoms with Crippen LogP contribution in [0.25, 0.3) is 21.9 Å². The summed E-state index contributed by atoms with van der Waals surface area (Å²) in [5.41, 5.74) is 8.83. The number of nitrogens with zero attached hydrogens (tertiary/aromatic N) is 4. The van der Waals surface area contributed by atoms with Gasteiger partial charge in [0, 0.05) is 11.6 Å². The minimum atomic E-state index is -0.667.